The van der Waals surface area contributed by atoms with Gasteiger partial charge in [-0.3, -0.25) is 4.79 Å². The molecule has 0 fully saturated rings. The van der Waals surface area contributed by atoms with Crippen molar-refractivity contribution in [1.82, 2.24) is 0 Å². The number of fused-ring (bicyclic) bond motifs is 1. The highest BCUT2D eigenvalue weighted by molar-refractivity contribution is 6.30. The van der Waals surface area contributed by atoms with Crippen molar-refractivity contribution in [3.05, 3.63) is 58.9 Å². The van der Waals surface area contributed by atoms with Crippen molar-refractivity contribution >= 4 is 28.9 Å². The van der Waals surface area contributed by atoms with Crippen LogP contribution in [0.25, 0.3) is 0 Å². The first kappa shape index (κ1) is 14.9. The van der Waals surface area contributed by atoms with Crippen molar-refractivity contribution in [2.75, 3.05) is 16.8 Å². The average Bonchev–Trinajstić information content (AvgIpc) is 2.93. The Morgan fingerprint density at radius 1 is 1.32 bits per heavy atom. The molecule has 0 unspecified atom stereocenters. The number of halogens is 2. The number of rotatable bonds is 3. The predicted octanol–water partition coefficient (Wildman–Crippen LogP) is 3.87. The molecule has 1 N–H and O–H groups in total. The zero-order valence-corrected chi connectivity index (χ0v) is 12.9. The highest BCUT2D eigenvalue weighted by Crippen LogP contribution is 2.29. The molecule has 114 valence electrons. The molecule has 2 aromatic carbocycles. The SMILES string of the molecule is C[C@H](C(=O)Nc1ccc(Cl)cc1F)N1CCc2ccccc21. The zero-order valence-electron chi connectivity index (χ0n) is 12.1. The summed E-state index contributed by atoms with van der Waals surface area (Å²) < 4.78 is 13.8. The third-order valence-corrected chi connectivity index (χ3v) is 4.19. The maximum atomic E-state index is 13.8. The molecule has 1 aliphatic heterocycles. The largest absolute Gasteiger partial charge is 0.359 e. The normalized spacial score (nSPS) is 14.6. The van der Waals surface area contributed by atoms with E-state index in [-0.39, 0.29) is 17.6 Å². The Kier molecular flexibility index (Phi) is 4.03. The van der Waals surface area contributed by atoms with Crippen LogP contribution < -0.4 is 10.2 Å². The van der Waals surface area contributed by atoms with Gasteiger partial charge in [0.1, 0.15) is 11.9 Å². The lowest BCUT2D eigenvalue weighted by Crippen LogP contribution is -2.41. The highest BCUT2D eigenvalue weighted by atomic mass is 35.5. The third-order valence-electron chi connectivity index (χ3n) is 3.96. The molecule has 3 nitrogen and oxygen atoms in total. The number of hydrogen-bond donors (Lipinski definition) is 1. The Labute approximate surface area is 133 Å². The maximum Gasteiger partial charge on any atom is 0.246 e. The van der Waals surface area contributed by atoms with Gasteiger partial charge in [-0.1, -0.05) is 29.8 Å². The van der Waals surface area contributed by atoms with Gasteiger partial charge in [-0.2, -0.15) is 0 Å². The first-order valence-corrected chi connectivity index (χ1v) is 7.54. The van der Waals surface area contributed by atoms with E-state index in [0.717, 1.165) is 18.7 Å². The van der Waals surface area contributed by atoms with E-state index in [2.05, 4.69) is 11.4 Å². The second-order valence-electron chi connectivity index (χ2n) is 5.36. The first-order valence-electron chi connectivity index (χ1n) is 7.17. The van der Waals surface area contributed by atoms with Gasteiger partial charge in [-0.25, -0.2) is 4.39 Å². The van der Waals surface area contributed by atoms with Crippen molar-refractivity contribution in [2.24, 2.45) is 0 Å². The molecule has 0 aliphatic carbocycles. The summed E-state index contributed by atoms with van der Waals surface area (Å²) in [5, 5.41) is 2.93. The van der Waals surface area contributed by atoms with Crippen molar-refractivity contribution < 1.29 is 9.18 Å². The first-order chi connectivity index (χ1) is 10.6. The summed E-state index contributed by atoms with van der Waals surface area (Å²) in [6.07, 6.45) is 0.920. The fourth-order valence-corrected chi connectivity index (χ4v) is 2.89. The van der Waals surface area contributed by atoms with Gasteiger partial charge >= 0.3 is 0 Å². The molecule has 1 heterocycles. The Hall–Kier alpha value is -2.07. The number of carbonyl (C=O) groups is 1. The van der Waals surface area contributed by atoms with Crippen LogP contribution in [0.2, 0.25) is 5.02 Å². The molecular formula is C17H16ClFN2O. The minimum Gasteiger partial charge on any atom is -0.359 e. The van der Waals surface area contributed by atoms with E-state index in [1.807, 2.05) is 30.0 Å². The number of para-hydroxylation sites is 1. The van der Waals surface area contributed by atoms with Gasteiger partial charge in [0.2, 0.25) is 5.91 Å². The molecule has 1 atom stereocenters. The summed E-state index contributed by atoms with van der Waals surface area (Å²) in [6, 6.07) is 11.9. The van der Waals surface area contributed by atoms with Crippen LogP contribution in [0.15, 0.2) is 42.5 Å². The van der Waals surface area contributed by atoms with E-state index in [1.54, 1.807) is 6.07 Å². The van der Waals surface area contributed by atoms with Gasteiger partial charge in [-0.05, 0) is 43.2 Å². The molecular weight excluding hydrogens is 303 g/mol. The van der Waals surface area contributed by atoms with E-state index in [9.17, 15) is 9.18 Å². The minimum atomic E-state index is -0.533. The van der Waals surface area contributed by atoms with E-state index < -0.39 is 5.82 Å². The topological polar surface area (TPSA) is 32.3 Å². The quantitative estimate of drug-likeness (QED) is 0.931. The smallest absolute Gasteiger partial charge is 0.246 e. The van der Waals surface area contributed by atoms with E-state index in [1.165, 1.54) is 17.7 Å². The molecule has 0 saturated heterocycles. The van der Waals surface area contributed by atoms with E-state index in [4.69, 9.17) is 11.6 Å². The lowest BCUT2D eigenvalue weighted by molar-refractivity contribution is -0.117. The summed E-state index contributed by atoms with van der Waals surface area (Å²) in [5.74, 6) is -0.771. The zero-order chi connectivity index (χ0) is 15.7. The summed E-state index contributed by atoms with van der Waals surface area (Å²) in [5.41, 5.74) is 2.45. The molecule has 0 aromatic heterocycles. The Morgan fingerprint density at radius 2 is 2.09 bits per heavy atom. The van der Waals surface area contributed by atoms with Crippen molar-refractivity contribution in [2.45, 2.75) is 19.4 Å². The van der Waals surface area contributed by atoms with Gasteiger partial charge in [0, 0.05) is 17.3 Å². The monoisotopic (exact) mass is 318 g/mol. The third kappa shape index (κ3) is 2.79. The van der Waals surface area contributed by atoms with Crippen LogP contribution >= 0.6 is 11.6 Å². The number of carbonyl (C=O) groups excluding carboxylic acids is 1. The van der Waals surface area contributed by atoms with Crippen molar-refractivity contribution in [1.29, 1.82) is 0 Å². The van der Waals surface area contributed by atoms with Gasteiger partial charge in [0.05, 0.1) is 5.69 Å². The molecule has 0 bridgehead atoms. The summed E-state index contributed by atoms with van der Waals surface area (Å²) in [6.45, 7) is 2.61. The average molecular weight is 319 g/mol. The van der Waals surface area contributed by atoms with Crippen molar-refractivity contribution in [3.63, 3.8) is 0 Å². The molecule has 5 heteroatoms. The summed E-state index contributed by atoms with van der Waals surface area (Å²) in [7, 11) is 0. The van der Waals surface area contributed by atoms with Gasteiger partial charge < -0.3 is 10.2 Å². The molecule has 3 rings (SSSR count). The number of anilines is 2. The summed E-state index contributed by atoms with van der Waals surface area (Å²) >= 11 is 5.71. The van der Waals surface area contributed by atoms with Crippen LogP contribution in [-0.4, -0.2) is 18.5 Å². The molecule has 1 amide bonds. The molecule has 0 radical (unpaired) electrons. The van der Waals surface area contributed by atoms with Crippen LogP contribution in [0.4, 0.5) is 15.8 Å². The maximum absolute atomic E-state index is 13.8. The van der Waals surface area contributed by atoms with Crippen LogP contribution in [0.1, 0.15) is 12.5 Å². The Balaban J connectivity index is 1.76. The predicted molar refractivity (Wildman–Crippen MR) is 87.0 cm³/mol. The highest BCUT2D eigenvalue weighted by Gasteiger charge is 2.27. The van der Waals surface area contributed by atoms with Crippen LogP contribution in [0, 0.1) is 5.82 Å². The number of nitrogens with zero attached hydrogens (tertiary/aromatic N) is 1. The van der Waals surface area contributed by atoms with Crippen LogP contribution in [0.5, 0.6) is 0 Å². The van der Waals surface area contributed by atoms with E-state index in [0.29, 0.717) is 5.02 Å². The van der Waals surface area contributed by atoms with Crippen LogP contribution in [-0.2, 0) is 11.2 Å². The lowest BCUT2D eigenvalue weighted by Gasteiger charge is -2.26. The molecule has 2 aromatic rings. The van der Waals surface area contributed by atoms with E-state index >= 15 is 0 Å². The standard InChI is InChI=1S/C17H16ClFN2O/c1-11(21-9-8-12-4-2-3-5-16(12)21)17(22)20-15-7-6-13(18)10-14(15)19/h2-7,10-11H,8-9H2,1H3,(H,20,22)/t11-/m1/s1. The molecule has 0 spiro atoms. The molecule has 0 saturated carbocycles. The Bertz CT molecular complexity index is 720. The van der Waals surface area contributed by atoms with Crippen LogP contribution in [0.3, 0.4) is 0 Å². The fourth-order valence-electron chi connectivity index (χ4n) is 2.74. The number of hydrogen-bond acceptors (Lipinski definition) is 2. The second kappa shape index (κ2) is 5.97. The Morgan fingerprint density at radius 3 is 2.86 bits per heavy atom. The van der Waals surface area contributed by atoms with Gasteiger partial charge in [0.25, 0.3) is 0 Å². The van der Waals surface area contributed by atoms with Crippen molar-refractivity contribution in [3.8, 4) is 0 Å². The number of nitrogens with one attached hydrogen (secondary N) is 1. The van der Waals surface area contributed by atoms with Gasteiger partial charge in [0.15, 0.2) is 0 Å². The number of benzene rings is 2. The lowest BCUT2D eigenvalue weighted by atomic mass is 10.1. The minimum absolute atomic E-state index is 0.147. The second-order valence-corrected chi connectivity index (χ2v) is 5.80. The fraction of sp³-hybridized carbons (Fsp3) is 0.235. The summed E-state index contributed by atoms with van der Waals surface area (Å²) in [4.78, 5) is 14.4. The van der Waals surface area contributed by atoms with Gasteiger partial charge in [-0.15, -0.1) is 0 Å². The number of amides is 1. The molecule has 1 aliphatic rings. The molecule has 22 heavy (non-hydrogen) atoms.